The van der Waals surface area contributed by atoms with Gasteiger partial charge >= 0.3 is 5.97 Å². The second-order valence-corrected chi connectivity index (χ2v) is 8.60. The average Bonchev–Trinajstić information content (AvgIpc) is 3.10. The largest absolute Gasteiger partial charge is 0.477 e. The first-order valence-electron chi connectivity index (χ1n) is 8.40. The van der Waals surface area contributed by atoms with Crippen molar-refractivity contribution in [2.75, 3.05) is 5.75 Å². The number of halogens is 1. The smallest absolute Gasteiger partial charge is 0.352 e. The van der Waals surface area contributed by atoms with Crippen LogP contribution in [0.3, 0.4) is 0 Å². The Labute approximate surface area is 167 Å². The number of nitrogens with zero attached hydrogens (tertiary/aromatic N) is 1. The Morgan fingerprint density at radius 2 is 2.18 bits per heavy atom. The summed E-state index contributed by atoms with van der Waals surface area (Å²) >= 11 is 2.55. The van der Waals surface area contributed by atoms with Crippen molar-refractivity contribution >= 4 is 51.0 Å². The zero-order valence-corrected chi connectivity index (χ0v) is 16.3. The van der Waals surface area contributed by atoms with Gasteiger partial charge in [-0.1, -0.05) is 12.1 Å². The summed E-state index contributed by atoms with van der Waals surface area (Å²) in [5, 5.41) is 13.7. The van der Waals surface area contributed by atoms with Crippen molar-refractivity contribution in [1.29, 1.82) is 0 Å². The molecule has 2 aromatic rings. The number of amides is 2. The van der Waals surface area contributed by atoms with Crippen LogP contribution in [0.1, 0.15) is 18.5 Å². The molecule has 2 aliphatic rings. The van der Waals surface area contributed by atoms with Gasteiger partial charge in [0, 0.05) is 11.1 Å². The van der Waals surface area contributed by atoms with Crippen LogP contribution >= 0.6 is 23.1 Å². The van der Waals surface area contributed by atoms with Crippen molar-refractivity contribution < 1.29 is 23.9 Å². The Morgan fingerprint density at radius 3 is 2.89 bits per heavy atom. The third-order valence-corrected chi connectivity index (χ3v) is 7.31. The van der Waals surface area contributed by atoms with E-state index in [-0.39, 0.29) is 11.5 Å². The Kier molecular flexibility index (Phi) is 4.64. The maximum Gasteiger partial charge on any atom is 0.352 e. The van der Waals surface area contributed by atoms with Crippen LogP contribution in [-0.4, -0.2) is 45.0 Å². The molecule has 1 aromatic heterocycles. The zero-order valence-electron chi connectivity index (χ0n) is 14.6. The standard InChI is InChI=1S/C18H16FN3O4S2/c1-7-5-28-17-12(16(24)22(17)13(7)18(25)26)21-15(23)11(20)9-6-27-14-8(9)3-2-4-10(14)19/h2-4,6,11-12,17H,5,20H2,1H3,(H,21,23)(H,25,26)/t11-,12?,17?/m1/s1. The minimum Gasteiger partial charge on any atom is -0.477 e. The lowest BCUT2D eigenvalue weighted by Crippen LogP contribution is -2.71. The molecular weight excluding hydrogens is 405 g/mol. The van der Waals surface area contributed by atoms with E-state index in [1.807, 2.05) is 0 Å². The minimum absolute atomic E-state index is 0.0251. The van der Waals surface area contributed by atoms with Gasteiger partial charge in [0.05, 0.1) is 4.70 Å². The molecule has 0 bridgehead atoms. The number of hydrogen-bond acceptors (Lipinski definition) is 6. The highest BCUT2D eigenvalue weighted by Gasteiger charge is 2.54. The van der Waals surface area contributed by atoms with Crippen molar-refractivity contribution in [3.05, 3.63) is 46.2 Å². The monoisotopic (exact) mass is 421 g/mol. The first kappa shape index (κ1) is 18.9. The van der Waals surface area contributed by atoms with Gasteiger partial charge in [-0.15, -0.1) is 23.1 Å². The lowest BCUT2D eigenvalue weighted by atomic mass is 10.0. The highest BCUT2D eigenvalue weighted by molar-refractivity contribution is 8.00. The number of thioether (sulfide) groups is 1. The number of thiophene rings is 1. The van der Waals surface area contributed by atoms with Crippen LogP contribution in [0.4, 0.5) is 4.39 Å². The third-order valence-electron chi connectivity index (χ3n) is 4.86. The number of carboxylic acid groups (broad SMARTS) is 1. The van der Waals surface area contributed by atoms with Gasteiger partial charge in [-0.3, -0.25) is 14.5 Å². The molecule has 1 aromatic carbocycles. The SMILES string of the molecule is CC1=C(C(=O)O)N2C(=O)C(NC(=O)[C@H](N)c3csc4c(F)cccc34)C2SC1. The quantitative estimate of drug-likeness (QED) is 0.649. The van der Waals surface area contributed by atoms with E-state index in [1.54, 1.807) is 24.4 Å². The van der Waals surface area contributed by atoms with Gasteiger partial charge in [-0.25, -0.2) is 9.18 Å². The first-order valence-corrected chi connectivity index (χ1v) is 10.3. The number of carbonyl (C=O) groups is 3. The van der Waals surface area contributed by atoms with E-state index in [1.165, 1.54) is 22.7 Å². The molecule has 1 fully saturated rings. The number of carbonyl (C=O) groups excluding carboxylic acids is 2. The molecule has 146 valence electrons. The summed E-state index contributed by atoms with van der Waals surface area (Å²) in [5.41, 5.74) is 7.14. The van der Waals surface area contributed by atoms with Gasteiger partial charge in [-0.05, 0) is 29.5 Å². The average molecular weight is 421 g/mol. The van der Waals surface area contributed by atoms with Crippen LogP contribution < -0.4 is 11.1 Å². The Hall–Kier alpha value is -2.43. The molecular formula is C18H16FN3O4S2. The predicted octanol–water partition coefficient (Wildman–Crippen LogP) is 1.80. The zero-order chi connectivity index (χ0) is 20.2. The fourth-order valence-corrected chi connectivity index (χ4v) is 5.75. The molecule has 4 rings (SSSR count). The van der Waals surface area contributed by atoms with Crippen molar-refractivity contribution in [2.24, 2.45) is 5.73 Å². The second kappa shape index (κ2) is 6.87. The summed E-state index contributed by atoms with van der Waals surface area (Å²) in [6.45, 7) is 1.67. The van der Waals surface area contributed by atoms with Gasteiger partial charge in [0.2, 0.25) is 5.91 Å². The first-order chi connectivity index (χ1) is 13.3. The number of nitrogens with two attached hydrogens (primary N) is 1. The molecule has 7 nitrogen and oxygen atoms in total. The van der Waals surface area contributed by atoms with E-state index in [0.29, 0.717) is 27.0 Å². The van der Waals surface area contributed by atoms with Crippen molar-refractivity contribution in [3.63, 3.8) is 0 Å². The third kappa shape index (κ3) is 2.79. The van der Waals surface area contributed by atoms with E-state index in [0.717, 1.165) is 11.3 Å². The van der Waals surface area contributed by atoms with Gasteiger partial charge in [0.15, 0.2) is 0 Å². The highest BCUT2D eigenvalue weighted by Crippen LogP contribution is 2.40. The fourth-order valence-electron chi connectivity index (χ4n) is 3.44. The van der Waals surface area contributed by atoms with Gasteiger partial charge in [-0.2, -0.15) is 0 Å². The molecule has 0 spiro atoms. The van der Waals surface area contributed by atoms with Crippen LogP contribution in [0, 0.1) is 5.82 Å². The molecule has 4 N–H and O–H groups in total. The van der Waals surface area contributed by atoms with Crippen molar-refractivity contribution in [3.8, 4) is 0 Å². The molecule has 2 unspecified atom stereocenters. The Balaban J connectivity index is 1.52. The summed E-state index contributed by atoms with van der Waals surface area (Å²) in [4.78, 5) is 37.8. The Morgan fingerprint density at radius 1 is 1.43 bits per heavy atom. The molecule has 2 aliphatic heterocycles. The maximum atomic E-state index is 13.9. The van der Waals surface area contributed by atoms with E-state index in [2.05, 4.69) is 5.32 Å². The van der Waals surface area contributed by atoms with Crippen LogP contribution in [0.5, 0.6) is 0 Å². The normalized spacial score (nSPS) is 22.7. The number of fused-ring (bicyclic) bond motifs is 2. The lowest BCUT2D eigenvalue weighted by Gasteiger charge is -2.49. The summed E-state index contributed by atoms with van der Waals surface area (Å²) in [6.07, 6.45) is 0. The number of hydrogen-bond donors (Lipinski definition) is 3. The van der Waals surface area contributed by atoms with Crippen LogP contribution in [0.2, 0.25) is 0 Å². The van der Waals surface area contributed by atoms with E-state index < -0.39 is 35.2 Å². The number of carboxylic acids is 1. The van der Waals surface area contributed by atoms with Crippen LogP contribution in [0.25, 0.3) is 10.1 Å². The van der Waals surface area contributed by atoms with Gasteiger partial charge < -0.3 is 16.2 Å². The molecule has 0 saturated carbocycles. The second-order valence-electron chi connectivity index (χ2n) is 6.62. The maximum absolute atomic E-state index is 13.9. The molecule has 3 heterocycles. The van der Waals surface area contributed by atoms with E-state index >= 15 is 0 Å². The highest BCUT2D eigenvalue weighted by atomic mass is 32.2. The predicted molar refractivity (Wildman–Crippen MR) is 104 cm³/mol. The number of rotatable bonds is 4. The molecule has 10 heteroatoms. The fraction of sp³-hybridized carbons (Fsp3) is 0.278. The summed E-state index contributed by atoms with van der Waals surface area (Å²) in [7, 11) is 0. The van der Waals surface area contributed by atoms with Gasteiger partial charge in [0.1, 0.15) is 29.0 Å². The number of aliphatic carboxylic acids is 1. The summed E-state index contributed by atoms with van der Waals surface area (Å²) in [5.74, 6) is -2.12. The molecule has 0 aliphatic carbocycles. The molecule has 0 radical (unpaired) electrons. The number of nitrogens with one attached hydrogen (secondary N) is 1. The molecule has 28 heavy (non-hydrogen) atoms. The lowest BCUT2D eigenvalue weighted by molar-refractivity contribution is -0.150. The molecule has 2 amide bonds. The number of β-lactam (4-membered cyclic amide) rings is 1. The van der Waals surface area contributed by atoms with Crippen LogP contribution in [0.15, 0.2) is 34.8 Å². The van der Waals surface area contributed by atoms with E-state index in [4.69, 9.17) is 5.73 Å². The Bertz CT molecular complexity index is 1050. The van der Waals surface area contributed by atoms with Crippen molar-refractivity contribution in [1.82, 2.24) is 10.2 Å². The topological polar surface area (TPSA) is 113 Å². The molecule has 1 saturated heterocycles. The summed E-state index contributed by atoms with van der Waals surface area (Å²) < 4.78 is 14.3. The molecule has 3 atom stereocenters. The van der Waals surface area contributed by atoms with E-state index in [9.17, 15) is 23.9 Å². The minimum atomic E-state index is -1.16. The van der Waals surface area contributed by atoms with Crippen molar-refractivity contribution in [2.45, 2.75) is 24.4 Å². The summed E-state index contributed by atoms with van der Waals surface area (Å²) in [6, 6.07) is 2.67. The van der Waals surface area contributed by atoms with Crippen LogP contribution in [-0.2, 0) is 14.4 Å². The van der Waals surface area contributed by atoms with Gasteiger partial charge in [0.25, 0.3) is 5.91 Å². The number of benzene rings is 1.